The van der Waals surface area contributed by atoms with Crippen LogP contribution >= 0.6 is 11.3 Å². The molecule has 5 nitrogen and oxygen atoms in total. The zero-order chi connectivity index (χ0) is 23.8. The lowest BCUT2D eigenvalue weighted by atomic mass is 10.1. The highest BCUT2D eigenvalue weighted by Gasteiger charge is 2.43. The number of thiophene rings is 1. The number of nitrogens with zero attached hydrogens (tertiary/aromatic N) is 1. The SMILES string of the molecule is CCC(C(=O)O)N1Cc2sc(-c3ccc(COc4cccc(C(F)(F)F)c4)cc3)cc2[S+]1[O-]. The Hall–Kier alpha value is -2.53. The maximum atomic E-state index is 12.8. The van der Waals surface area contributed by atoms with E-state index in [1.54, 1.807) is 6.92 Å². The van der Waals surface area contributed by atoms with E-state index in [0.29, 0.717) is 17.9 Å². The summed E-state index contributed by atoms with van der Waals surface area (Å²) < 4.78 is 58.3. The molecule has 0 fully saturated rings. The zero-order valence-corrected chi connectivity index (χ0v) is 19.1. The van der Waals surface area contributed by atoms with Crippen molar-refractivity contribution in [3.63, 3.8) is 0 Å². The Morgan fingerprint density at radius 3 is 2.58 bits per heavy atom. The minimum atomic E-state index is -4.42. The predicted molar refractivity (Wildman–Crippen MR) is 119 cm³/mol. The van der Waals surface area contributed by atoms with E-state index in [4.69, 9.17) is 4.74 Å². The summed E-state index contributed by atoms with van der Waals surface area (Å²) in [4.78, 5) is 13.9. The second-order valence-corrected chi connectivity index (χ2v) is 10.0. The molecule has 0 bridgehead atoms. The number of hydrogen-bond donors (Lipinski definition) is 1. The van der Waals surface area contributed by atoms with Gasteiger partial charge in [0.2, 0.25) is 0 Å². The number of benzene rings is 2. The Bertz CT molecular complexity index is 1150. The highest BCUT2D eigenvalue weighted by Crippen LogP contribution is 2.42. The van der Waals surface area contributed by atoms with Gasteiger partial charge in [-0.2, -0.15) is 13.2 Å². The van der Waals surface area contributed by atoms with Gasteiger partial charge >= 0.3 is 12.1 Å². The van der Waals surface area contributed by atoms with Crippen molar-refractivity contribution in [3.8, 4) is 16.2 Å². The average Bonchev–Trinajstić information content (AvgIpc) is 3.32. The Kier molecular flexibility index (Phi) is 6.71. The third-order valence-electron chi connectivity index (χ3n) is 5.30. The van der Waals surface area contributed by atoms with Crippen LogP contribution in [0.15, 0.2) is 59.5 Å². The second kappa shape index (κ2) is 9.38. The summed E-state index contributed by atoms with van der Waals surface area (Å²) in [5.74, 6) is -0.841. The monoisotopic (exact) mass is 495 g/mol. The van der Waals surface area contributed by atoms with Crippen LogP contribution in [0.3, 0.4) is 0 Å². The molecule has 1 aliphatic rings. The summed E-state index contributed by atoms with van der Waals surface area (Å²) in [5.41, 5.74) is 0.943. The van der Waals surface area contributed by atoms with E-state index in [2.05, 4.69) is 0 Å². The molecular weight excluding hydrogens is 475 g/mol. The van der Waals surface area contributed by atoms with Crippen molar-refractivity contribution < 1.29 is 32.4 Å². The minimum Gasteiger partial charge on any atom is -0.593 e. The highest BCUT2D eigenvalue weighted by molar-refractivity contribution is 7.89. The Labute approximate surface area is 195 Å². The number of hydrogen-bond acceptors (Lipinski definition) is 5. The van der Waals surface area contributed by atoms with E-state index in [9.17, 15) is 27.6 Å². The van der Waals surface area contributed by atoms with E-state index in [1.165, 1.54) is 27.8 Å². The van der Waals surface area contributed by atoms with E-state index in [0.717, 1.165) is 33.0 Å². The maximum absolute atomic E-state index is 12.8. The van der Waals surface area contributed by atoms with Crippen LogP contribution in [0.4, 0.5) is 13.2 Å². The molecule has 3 aromatic rings. The van der Waals surface area contributed by atoms with Gasteiger partial charge in [0.05, 0.1) is 28.3 Å². The molecule has 0 spiro atoms. The molecule has 2 aromatic carbocycles. The van der Waals surface area contributed by atoms with Gasteiger partial charge in [0, 0.05) is 10.9 Å². The molecule has 2 heterocycles. The molecule has 1 aliphatic heterocycles. The predicted octanol–water partition coefficient (Wildman–Crippen LogP) is 5.71. The molecule has 0 saturated carbocycles. The van der Waals surface area contributed by atoms with Gasteiger partial charge in [0.25, 0.3) is 0 Å². The zero-order valence-electron chi connectivity index (χ0n) is 17.5. The smallest absolute Gasteiger partial charge is 0.416 e. The Morgan fingerprint density at radius 1 is 1.24 bits per heavy atom. The minimum absolute atomic E-state index is 0.120. The van der Waals surface area contributed by atoms with Crippen LogP contribution in [0, 0.1) is 0 Å². The van der Waals surface area contributed by atoms with Crippen LogP contribution in [0.25, 0.3) is 10.4 Å². The van der Waals surface area contributed by atoms with E-state index in [1.807, 2.05) is 30.3 Å². The van der Waals surface area contributed by atoms with Gasteiger partial charge < -0.3 is 14.4 Å². The summed E-state index contributed by atoms with van der Waals surface area (Å²) in [6.07, 6.45) is -4.05. The largest absolute Gasteiger partial charge is 0.593 e. The van der Waals surface area contributed by atoms with Crippen LogP contribution in [-0.2, 0) is 35.5 Å². The number of fused-ring (bicyclic) bond motifs is 1. The second-order valence-electron chi connectivity index (χ2n) is 7.50. The van der Waals surface area contributed by atoms with Gasteiger partial charge in [-0.3, -0.25) is 4.79 Å². The molecule has 1 N–H and O–H groups in total. The molecule has 0 radical (unpaired) electrons. The molecular formula is C23H20F3NO4S2. The topological polar surface area (TPSA) is 72.8 Å². The average molecular weight is 496 g/mol. The molecule has 0 saturated heterocycles. The fourth-order valence-corrected chi connectivity index (χ4v) is 6.56. The van der Waals surface area contributed by atoms with Crippen LogP contribution in [-0.4, -0.2) is 26.0 Å². The molecule has 174 valence electrons. The number of carboxylic acid groups (broad SMARTS) is 1. The molecule has 10 heteroatoms. The van der Waals surface area contributed by atoms with Crippen molar-refractivity contribution in [1.82, 2.24) is 4.31 Å². The lowest BCUT2D eigenvalue weighted by Gasteiger charge is -2.22. The number of aliphatic carboxylic acids is 1. The van der Waals surface area contributed by atoms with Crippen molar-refractivity contribution in [2.24, 2.45) is 0 Å². The fraction of sp³-hybridized carbons (Fsp3) is 0.261. The molecule has 2 atom stereocenters. The van der Waals surface area contributed by atoms with E-state index in [-0.39, 0.29) is 12.4 Å². The van der Waals surface area contributed by atoms with Gasteiger partial charge in [-0.05, 0) is 35.7 Å². The molecule has 1 aromatic heterocycles. The number of carboxylic acids is 1. The third kappa shape index (κ3) is 5.03. The first-order valence-electron chi connectivity index (χ1n) is 10.1. The molecule has 2 unspecified atom stereocenters. The van der Waals surface area contributed by atoms with Crippen molar-refractivity contribution in [1.29, 1.82) is 0 Å². The lowest BCUT2D eigenvalue weighted by Crippen LogP contribution is -2.40. The van der Waals surface area contributed by atoms with Crippen LogP contribution in [0.2, 0.25) is 0 Å². The van der Waals surface area contributed by atoms with Crippen LogP contribution < -0.4 is 4.74 Å². The van der Waals surface area contributed by atoms with Crippen molar-refractivity contribution >= 4 is 28.7 Å². The number of rotatable bonds is 7. The van der Waals surface area contributed by atoms with Crippen molar-refractivity contribution in [2.45, 2.75) is 43.6 Å². The Balaban J connectivity index is 1.42. The number of halogens is 3. The number of alkyl halides is 3. The maximum Gasteiger partial charge on any atom is 0.416 e. The quantitative estimate of drug-likeness (QED) is 0.425. The first-order chi connectivity index (χ1) is 15.7. The normalized spacial score (nSPS) is 17.1. The van der Waals surface area contributed by atoms with Crippen molar-refractivity contribution in [2.75, 3.05) is 0 Å². The third-order valence-corrected chi connectivity index (χ3v) is 8.14. The van der Waals surface area contributed by atoms with E-state index < -0.39 is 35.1 Å². The fourth-order valence-electron chi connectivity index (χ4n) is 3.56. The van der Waals surface area contributed by atoms with Crippen LogP contribution in [0.5, 0.6) is 5.75 Å². The standard InChI is InChI=1S/C23H20F3NO4S2/c1-2-18(22(28)29)27-12-20-21(33(27)30)11-19(32-20)15-8-6-14(7-9-15)13-31-17-5-3-4-16(10-17)23(24,25)26/h3-11,18H,2,12-13H2,1H3,(H,28,29). The summed E-state index contributed by atoms with van der Waals surface area (Å²) in [6.45, 7) is 2.21. The van der Waals surface area contributed by atoms with Gasteiger partial charge in [0.15, 0.2) is 10.9 Å². The first kappa shape index (κ1) is 23.6. The first-order valence-corrected chi connectivity index (χ1v) is 12.0. The Morgan fingerprint density at radius 2 is 1.97 bits per heavy atom. The van der Waals surface area contributed by atoms with Crippen molar-refractivity contribution in [3.05, 3.63) is 70.6 Å². The molecule has 4 rings (SSSR count). The summed E-state index contributed by atoms with van der Waals surface area (Å²) in [5, 5.41) is 9.36. The molecule has 0 aliphatic carbocycles. The number of carbonyl (C=O) groups is 1. The van der Waals surface area contributed by atoms with Gasteiger partial charge in [-0.1, -0.05) is 37.3 Å². The number of ether oxygens (including phenoxy) is 1. The van der Waals surface area contributed by atoms with E-state index >= 15 is 0 Å². The molecule has 0 amide bonds. The van der Waals surface area contributed by atoms with Gasteiger partial charge in [-0.25, -0.2) is 0 Å². The van der Waals surface area contributed by atoms with Crippen LogP contribution in [0.1, 0.15) is 29.3 Å². The summed E-state index contributed by atoms with van der Waals surface area (Å²) in [6, 6.07) is 13.2. The molecule has 33 heavy (non-hydrogen) atoms. The van der Waals surface area contributed by atoms with Gasteiger partial charge in [-0.15, -0.1) is 15.6 Å². The lowest BCUT2D eigenvalue weighted by molar-refractivity contribution is -0.141. The summed E-state index contributed by atoms with van der Waals surface area (Å²) in [7, 11) is 0. The highest BCUT2D eigenvalue weighted by atomic mass is 32.2. The van der Waals surface area contributed by atoms with Gasteiger partial charge in [0.1, 0.15) is 12.4 Å². The summed E-state index contributed by atoms with van der Waals surface area (Å²) >= 11 is -0.0366.